The van der Waals surface area contributed by atoms with Gasteiger partial charge in [0.25, 0.3) is 5.91 Å². The highest BCUT2D eigenvalue weighted by atomic mass is 16.5. The Kier molecular flexibility index (Phi) is 17.4. The van der Waals surface area contributed by atoms with Crippen LogP contribution in [0.5, 0.6) is 11.5 Å². The molecule has 0 saturated heterocycles. The van der Waals surface area contributed by atoms with Gasteiger partial charge >= 0.3 is 0 Å². The summed E-state index contributed by atoms with van der Waals surface area (Å²) in [6.45, 7) is 7.47. The Morgan fingerprint density at radius 1 is 0.899 bits per heavy atom. The van der Waals surface area contributed by atoms with Gasteiger partial charge in [-0.1, -0.05) is 56.2 Å². The molecule has 366 valence electrons. The van der Waals surface area contributed by atoms with Crippen molar-refractivity contribution in [2.24, 2.45) is 17.2 Å². The van der Waals surface area contributed by atoms with Gasteiger partial charge in [-0.05, 0) is 99.4 Å². The smallest absolute Gasteiger partial charge is 0.255 e. The van der Waals surface area contributed by atoms with Gasteiger partial charge in [0.15, 0.2) is 5.82 Å². The predicted molar refractivity (Wildman–Crippen MR) is 261 cm³/mol. The van der Waals surface area contributed by atoms with Gasteiger partial charge in [0.1, 0.15) is 55.4 Å². The van der Waals surface area contributed by atoms with E-state index in [1.807, 2.05) is 18.2 Å². The van der Waals surface area contributed by atoms with Crippen LogP contribution in [0.4, 0.5) is 0 Å². The van der Waals surface area contributed by atoms with Crippen molar-refractivity contribution < 1.29 is 33.4 Å². The lowest BCUT2D eigenvalue weighted by Gasteiger charge is -2.32. The minimum atomic E-state index is -1.40. The fraction of sp³-hybridized carbons (Fsp3) is 0.451. The molecule has 3 aromatic carbocycles. The number of unbranched alkanes of at least 4 members (excludes halogenated alkanes) is 1. The first-order chi connectivity index (χ1) is 33.2. The van der Waals surface area contributed by atoms with Gasteiger partial charge in [-0.15, -0.1) is 0 Å². The summed E-state index contributed by atoms with van der Waals surface area (Å²) in [6.07, 6.45) is 5.91. The molecule has 18 nitrogen and oxygen atoms in total. The highest BCUT2D eigenvalue weighted by Gasteiger charge is 2.43. The Morgan fingerprint density at radius 3 is 2.13 bits per heavy atom. The number of rotatable bonds is 19. The second-order valence-corrected chi connectivity index (χ2v) is 17.7. The SMILES string of the molecule is CCCCC1(c2ccc(-c3nc(C)c(C(=O)N[C@@H](CCN)C(=O)N(C)[C@@H]4C(=O)N[C@@H](C)C(=O)N[C@H](C(=O)NCC#N)Cc5ccc(OCCN)c(c5)-c5cc4ccc5OCCN)c(C)n3)cc2)CC1. The Morgan fingerprint density at radius 2 is 1.54 bits per heavy atom. The second-order valence-electron chi connectivity index (χ2n) is 17.7. The van der Waals surface area contributed by atoms with Gasteiger partial charge in [-0.3, -0.25) is 24.0 Å². The number of hydrogen-bond donors (Lipinski definition) is 7. The molecule has 1 saturated carbocycles. The standard InChI is InChI=1S/C51H65N11O7/c1-6-7-17-51(18-19-51)36-12-9-34(10-13-36)45-57-30(2)43(31(3)58-45)48(65)60-39(16-20-52)50(67)62(5)44-35-11-15-42(69-26-23-55)38(29-35)37-27-33(8-14-41(37)68-25-22-54)28-40(47(64)56-24-21-53)61-46(63)32(4)59-49(44)66/h8-15,27,29,32,39-40,44H,6-7,16-20,22-26,28,52,54-55H2,1-5H3,(H,56,64)(H,59,66)(H,60,65)(H,61,63)/t32-,39-,40-,44-/m0/s1. The molecule has 2 heterocycles. The first-order valence-corrected chi connectivity index (χ1v) is 23.6. The maximum atomic E-state index is 14.8. The van der Waals surface area contributed by atoms with E-state index >= 15 is 0 Å². The highest BCUT2D eigenvalue weighted by molar-refractivity contribution is 6.00. The van der Waals surface area contributed by atoms with Crippen LogP contribution in [0.3, 0.4) is 0 Å². The summed E-state index contributed by atoms with van der Waals surface area (Å²) in [5, 5.41) is 20.0. The number of aromatic nitrogens is 2. The molecule has 1 aliphatic carbocycles. The van der Waals surface area contributed by atoms with Crippen LogP contribution in [0.25, 0.3) is 22.5 Å². The van der Waals surface area contributed by atoms with Crippen LogP contribution >= 0.6 is 0 Å². The summed E-state index contributed by atoms with van der Waals surface area (Å²) < 4.78 is 12.2. The number of ether oxygens (including phenoxy) is 2. The fourth-order valence-corrected chi connectivity index (χ4v) is 8.86. The van der Waals surface area contributed by atoms with E-state index in [9.17, 15) is 29.2 Å². The zero-order valence-corrected chi connectivity index (χ0v) is 40.2. The Balaban J connectivity index is 1.35. The van der Waals surface area contributed by atoms with Crippen LogP contribution in [0.2, 0.25) is 0 Å². The maximum Gasteiger partial charge on any atom is 0.255 e. The predicted octanol–water partition coefficient (Wildman–Crippen LogP) is 3.16. The summed E-state index contributed by atoms with van der Waals surface area (Å²) in [4.78, 5) is 81.4. The summed E-state index contributed by atoms with van der Waals surface area (Å²) >= 11 is 0. The maximum absolute atomic E-state index is 14.8. The second kappa shape index (κ2) is 23.4. The van der Waals surface area contributed by atoms with Crippen LogP contribution in [0.1, 0.15) is 96.9 Å². The quantitative estimate of drug-likeness (QED) is 0.0667. The number of fused-ring (bicyclic) bond motifs is 5. The summed E-state index contributed by atoms with van der Waals surface area (Å²) in [6, 6.07) is 15.4. The minimum absolute atomic E-state index is 0.00349. The van der Waals surface area contributed by atoms with E-state index in [4.69, 9.17) is 36.6 Å². The van der Waals surface area contributed by atoms with E-state index in [-0.39, 0.29) is 63.2 Å². The van der Waals surface area contributed by atoms with E-state index in [2.05, 4.69) is 40.3 Å². The average molecular weight is 944 g/mol. The summed E-state index contributed by atoms with van der Waals surface area (Å²) in [5.74, 6) is -2.06. The van der Waals surface area contributed by atoms with Crippen molar-refractivity contribution in [3.63, 3.8) is 0 Å². The number of carbonyl (C=O) groups excluding carboxylic acids is 5. The van der Waals surface area contributed by atoms with Crippen molar-refractivity contribution in [3.8, 4) is 40.1 Å². The molecule has 4 aromatic rings. The molecule has 4 bridgehead atoms. The minimum Gasteiger partial charge on any atom is -0.492 e. The Hall–Kier alpha value is -6.94. The Labute approximate surface area is 403 Å². The van der Waals surface area contributed by atoms with Crippen LogP contribution in [-0.2, 0) is 31.0 Å². The molecule has 1 aliphatic heterocycles. The molecular weight excluding hydrogens is 879 g/mol. The molecule has 69 heavy (non-hydrogen) atoms. The highest BCUT2D eigenvalue weighted by Crippen LogP contribution is 2.52. The molecule has 1 aromatic heterocycles. The average Bonchev–Trinajstić information content (AvgIpc) is 4.14. The largest absolute Gasteiger partial charge is 0.492 e. The van der Waals surface area contributed by atoms with Crippen molar-refractivity contribution in [2.45, 2.75) is 102 Å². The van der Waals surface area contributed by atoms with Crippen molar-refractivity contribution in [2.75, 3.05) is 46.4 Å². The third-order valence-electron chi connectivity index (χ3n) is 12.7. The van der Waals surface area contributed by atoms with Crippen LogP contribution in [-0.4, -0.2) is 109 Å². The number of nitrogens with zero attached hydrogens (tertiary/aromatic N) is 4. The van der Waals surface area contributed by atoms with Crippen molar-refractivity contribution in [1.29, 1.82) is 5.26 Å². The zero-order valence-electron chi connectivity index (χ0n) is 40.2. The molecule has 18 heteroatoms. The molecule has 1 fully saturated rings. The lowest BCUT2D eigenvalue weighted by molar-refractivity contribution is -0.141. The molecule has 0 radical (unpaired) electrons. The fourth-order valence-electron chi connectivity index (χ4n) is 8.86. The normalized spacial score (nSPS) is 17.8. The third kappa shape index (κ3) is 12.2. The Bertz CT molecular complexity index is 2530. The van der Waals surface area contributed by atoms with E-state index in [0.29, 0.717) is 51.0 Å². The lowest BCUT2D eigenvalue weighted by Crippen LogP contribution is -2.56. The van der Waals surface area contributed by atoms with Crippen molar-refractivity contribution in [1.82, 2.24) is 36.1 Å². The number of benzene rings is 3. The first kappa shape index (κ1) is 51.5. The number of nitriles is 1. The number of carbonyl (C=O) groups is 5. The number of nitrogens with one attached hydrogen (secondary N) is 4. The van der Waals surface area contributed by atoms with Crippen LogP contribution in [0, 0.1) is 25.2 Å². The number of amides is 5. The van der Waals surface area contributed by atoms with Gasteiger partial charge in [0.05, 0.1) is 23.0 Å². The lowest BCUT2D eigenvalue weighted by atomic mass is 9.90. The van der Waals surface area contributed by atoms with Gasteiger partial charge in [0, 0.05) is 43.2 Å². The molecule has 5 amide bonds. The van der Waals surface area contributed by atoms with E-state index in [0.717, 1.165) is 12.0 Å². The van der Waals surface area contributed by atoms with Gasteiger partial charge in [-0.25, -0.2) is 9.97 Å². The molecule has 0 unspecified atom stereocenters. The third-order valence-corrected chi connectivity index (χ3v) is 12.7. The molecule has 2 aliphatic rings. The topological polar surface area (TPSA) is 283 Å². The molecule has 6 rings (SSSR count). The molecular formula is C51H65N11O7. The zero-order chi connectivity index (χ0) is 49.8. The van der Waals surface area contributed by atoms with Gasteiger partial charge in [0.2, 0.25) is 23.6 Å². The summed E-state index contributed by atoms with van der Waals surface area (Å²) in [5.41, 5.74) is 23.1. The summed E-state index contributed by atoms with van der Waals surface area (Å²) in [7, 11) is 1.43. The molecule has 4 atom stereocenters. The number of likely N-dealkylation sites (N-methyl/N-ethyl adjacent to an activating group) is 1. The monoisotopic (exact) mass is 944 g/mol. The van der Waals surface area contributed by atoms with Crippen LogP contribution in [0.15, 0.2) is 60.7 Å². The van der Waals surface area contributed by atoms with Gasteiger partial charge < -0.3 is 52.8 Å². The van der Waals surface area contributed by atoms with E-state index in [1.54, 1.807) is 50.2 Å². The van der Waals surface area contributed by atoms with Gasteiger partial charge in [-0.2, -0.15) is 5.26 Å². The van der Waals surface area contributed by atoms with E-state index < -0.39 is 53.7 Å². The number of aryl methyl sites for hydroxylation is 2. The number of hydrogen-bond acceptors (Lipinski definition) is 13. The van der Waals surface area contributed by atoms with Crippen LogP contribution < -0.4 is 47.9 Å². The van der Waals surface area contributed by atoms with Crippen molar-refractivity contribution >= 4 is 29.5 Å². The molecule has 0 spiro atoms. The van der Waals surface area contributed by atoms with E-state index in [1.165, 1.54) is 50.1 Å². The first-order valence-electron chi connectivity index (χ1n) is 23.6. The molecule has 10 N–H and O–H groups in total. The van der Waals surface area contributed by atoms with Crippen molar-refractivity contribution in [3.05, 3.63) is 94.3 Å². The number of nitrogens with two attached hydrogens (primary N) is 3.